The molecule has 5 nitrogen and oxygen atoms in total. The first-order valence-electron chi connectivity index (χ1n) is 8.12. The number of nitrogens with one attached hydrogen (secondary N) is 1. The van der Waals surface area contributed by atoms with Gasteiger partial charge in [0, 0.05) is 24.5 Å². The summed E-state index contributed by atoms with van der Waals surface area (Å²) >= 11 is 1.47. The van der Waals surface area contributed by atoms with Gasteiger partial charge in [-0.15, -0.1) is 11.3 Å². The Morgan fingerprint density at radius 3 is 2.48 bits per heavy atom. The Morgan fingerprint density at radius 2 is 1.93 bits per heavy atom. The first-order chi connectivity index (χ1) is 12.6. The van der Waals surface area contributed by atoms with E-state index in [2.05, 4.69) is 10.3 Å². The number of alkyl halides is 3. The number of piperidine rings is 1. The molecular weight excluding hydrogens is 406 g/mol. The first-order valence-corrected chi connectivity index (χ1v) is 10.5. The first kappa shape index (κ1) is 19.9. The zero-order valence-corrected chi connectivity index (χ0v) is 15.9. The molecule has 148 valence electrons. The van der Waals surface area contributed by atoms with E-state index in [1.54, 1.807) is 4.90 Å². The number of halogens is 4. The van der Waals surface area contributed by atoms with E-state index in [1.165, 1.54) is 11.3 Å². The Bertz CT molecular complexity index is 920. The Morgan fingerprint density at radius 1 is 1.26 bits per heavy atom. The fraction of sp³-hybridized carbons (Fsp3) is 0.438. The van der Waals surface area contributed by atoms with Crippen LogP contribution in [-0.4, -0.2) is 38.0 Å². The summed E-state index contributed by atoms with van der Waals surface area (Å²) in [6.07, 6.45) is 1.17. The van der Waals surface area contributed by atoms with Crippen LogP contribution in [0.5, 0.6) is 0 Å². The molecule has 1 saturated heterocycles. The van der Waals surface area contributed by atoms with Crippen LogP contribution < -0.4 is 10.2 Å². The molecule has 0 unspecified atom stereocenters. The number of hydrogen-bond donors (Lipinski definition) is 1. The molecule has 2 heterocycles. The highest BCUT2D eigenvalue weighted by Crippen LogP contribution is 2.37. The van der Waals surface area contributed by atoms with Crippen LogP contribution in [0.25, 0.3) is 0 Å². The highest BCUT2D eigenvalue weighted by Gasteiger charge is 2.48. The van der Waals surface area contributed by atoms with Gasteiger partial charge in [0.1, 0.15) is 10.7 Å². The average Bonchev–Trinajstić information content (AvgIpc) is 2.99. The molecule has 0 spiro atoms. The minimum Gasteiger partial charge on any atom is -0.370 e. The number of anilines is 2. The van der Waals surface area contributed by atoms with E-state index in [9.17, 15) is 26.0 Å². The van der Waals surface area contributed by atoms with Gasteiger partial charge >= 0.3 is 5.51 Å². The van der Waals surface area contributed by atoms with Crippen molar-refractivity contribution >= 4 is 32.0 Å². The molecule has 1 N–H and O–H groups in total. The molecule has 3 rings (SSSR count). The summed E-state index contributed by atoms with van der Waals surface area (Å²) in [6, 6.07) is 2.56. The summed E-state index contributed by atoms with van der Waals surface area (Å²) in [5, 5.41) is 5.95. The quantitative estimate of drug-likeness (QED) is 0.755. The van der Waals surface area contributed by atoms with Gasteiger partial charge < -0.3 is 10.2 Å². The van der Waals surface area contributed by atoms with Gasteiger partial charge in [-0.25, -0.2) is 17.8 Å². The van der Waals surface area contributed by atoms with Crippen LogP contribution in [0, 0.1) is 12.7 Å². The number of sulfone groups is 1. The van der Waals surface area contributed by atoms with Gasteiger partial charge in [0.15, 0.2) is 5.13 Å². The summed E-state index contributed by atoms with van der Waals surface area (Å²) in [7, 11) is -5.64. The zero-order chi connectivity index (χ0) is 19.8. The molecule has 2 aromatic rings. The van der Waals surface area contributed by atoms with Gasteiger partial charge in [-0.1, -0.05) is 0 Å². The Balaban J connectivity index is 1.78. The van der Waals surface area contributed by atoms with E-state index in [0.717, 1.165) is 23.0 Å². The molecule has 1 aromatic carbocycles. The van der Waals surface area contributed by atoms with Gasteiger partial charge in [0.25, 0.3) is 9.84 Å². The van der Waals surface area contributed by atoms with Crippen molar-refractivity contribution in [1.29, 1.82) is 0 Å². The van der Waals surface area contributed by atoms with E-state index < -0.39 is 26.1 Å². The maximum absolute atomic E-state index is 13.5. The van der Waals surface area contributed by atoms with E-state index in [1.807, 2.05) is 12.3 Å². The number of aromatic nitrogens is 1. The lowest BCUT2D eigenvalue weighted by Gasteiger charge is -2.35. The predicted molar refractivity (Wildman–Crippen MR) is 95.3 cm³/mol. The lowest BCUT2D eigenvalue weighted by atomic mass is 10.0. The Labute approximate surface area is 157 Å². The summed E-state index contributed by atoms with van der Waals surface area (Å²) in [5.74, 6) is -1.03. The summed E-state index contributed by atoms with van der Waals surface area (Å²) < 4.78 is 76.0. The van der Waals surface area contributed by atoms with Crippen LogP contribution in [0.15, 0.2) is 28.5 Å². The van der Waals surface area contributed by atoms with Crippen molar-refractivity contribution in [3.05, 3.63) is 35.1 Å². The van der Waals surface area contributed by atoms with Crippen LogP contribution in [0.2, 0.25) is 0 Å². The number of rotatable bonds is 4. The molecule has 1 aromatic heterocycles. The highest BCUT2D eigenvalue weighted by molar-refractivity contribution is 7.92. The van der Waals surface area contributed by atoms with Crippen molar-refractivity contribution in [3.63, 3.8) is 0 Å². The van der Waals surface area contributed by atoms with Crippen molar-refractivity contribution in [2.75, 3.05) is 23.3 Å². The second-order valence-corrected chi connectivity index (χ2v) is 9.03. The molecule has 0 amide bonds. The van der Waals surface area contributed by atoms with E-state index in [-0.39, 0.29) is 11.7 Å². The van der Waals surface area contributed by atoms with Crippen molar-refractivity contribution in [3.8, 4) is 0 Å². The van der Waals surface area contributed by atoms with Gasteiger partial charge in [-0.3, -0.25) is 0 Å². The lowest BCUT2D eigenvalue weighted by molar-refractivity contribution is -0.0435. The van der Waals surface area contributed by atoms with Crippen LogP contribution in [0.4, 0.5) is 28.4 Å². The van der Waals surface area contributed by atoms with Gasteiger partial charge in [-0.2, -0.15) is 13.2 Å². The fourth-order valence-corrected chi connectivity index (χ4v) is 4.70. The van der Waals surface area contributed by atoms with Crippen molar-refractivity contribution in [2.24, 2.45) is 0 Å². The molecule has 27 heavy (non-hydrogen) atoms. The van der Waals surface area contributed by atoms with Crippen LogP contribution in [-0.2, 0) is 9.84 Å². The minimum atomic E-state index is -5.64. The third-order valence-corrected chi connectivity index (χ3v) is 6.71. The van der Waals surface area contributed by atoms with Gasteiger partial charge in [0.05, 0.1) is 11.4 Å². The van der Waals surface area contributed by atoms with Gasteiger partial charge in [0.2, 0.25) is 0 Å². The smallest absolute Gasteiger partial charge is 0.370 e. The third-order valence-electron chi connectivity index (χ3n) is 4.30. The molecule has 11 heteroatoms. The van der Waals surface area contributed by atoms with Crippen LogP contribution in [0.3, 0.4) is 0 Å². The second-order valence-electron chi connectivity index (χ2n) is 6.26. The monoisotopic (exact) mass is 423 g/mol. The normalized spacial score (nSPS) is 16.6. The third kappa shape index (κ3) is 4.18. The molecule has 1 aliphatic rings. The maximum atomic E-state index is 13.5. The summed E-state index contributed by atoms with van der Waals surface area (Å²) in [4.78, 5) is 4.81. The predicted octanol–water partition coefficient (Wildman–Crippen LogP) is 3.97. The molecule has 0 saturated carbocycles. The zero-order valence-electron chi connectivity index (χ0n) is 14.3. The number of thiazole rings is 1. The SMILES string of the molecule is Cc1csc(NC2CCN(c3ccc(F)cc3S(=O)(=O)C(F)(F)F)CC2)n1. The Hall–Kier alpha value is -1.88. The van der Waals surface area contributed by atoms with E-state index in [4.69, 9.17) is 0 Å². The molecule has 0 radical (unpaired) electrons. The van der Waals surface area contributed by atoms with Crippen molar-refractivity contribution in [2.45, 2.75) is 36.2 Å². The van der Waals surface area contributed by atoms with Crippen LogP contribution in [0.1, 0.15) is 18.5 Å². The van der Waals surface area contributed by atoms with E-state index in [0.29, 0.717) is 32.0 Å². The Kier molecular flexibility index (Phi) is 5.35. The molecule has 1 aliphatic heterocycles. The average molecular weight is 423 g/mol. The van der Waals surface area contributed by atoms with Crippen LogP contribution >= 0.6 is 11.3 Å². The highest BCUT2D eigenvalue weighted by atomic mass is 32.2. The fourth-order valence-electron chi connectivity index (χ4n) is 2.95. The topological polar surface area (TPSA) is 62.3 Å². The second kappa shape index (κ2) is 7.27. The molecule has 0 atom stereocenters. The molecular formula is C16H17F4N3O2S2. The number of hydrogen-bond acceptors (Lipinski definition) is 6. The standard InChI is InChI=1S/C16H17F4N3O2S2/c1-10-9-26-15(21-10)22-12-4-6-23(7-5-12)13-3-2-11(17)8-14(13)27(24,25)16(18,19)20/h2-3,8-9,12H,4-7H2,1H3,(H,21,22). The summed E-state index contributed by atoms with van der Waals surface area (Å²) in [5.41, 5.74) is -4.72. The van der Waals surface area contributed by atoms with Crippen molar-refractivity contribution < 1.29 is 26.0 Å². The van der Waals surface area contributed by atoms with E-state index >= 15 is 0 Å². The molecule has 0 bridgehead atoms. The molecule has 1 fully saturated rings. The van der Waals surface area contributed by atoms with Gasteiger partial charge in [-0.05, 0) is 38.0 Å². The number of aryl methyl sites for hydroxylation is 1. The lowest BCUT2D eigenvalue weighted by Crippen LogP contribution is -2.40. The summed E-state index contributed by atoms with van der Waals surface area (Å²) in [6.45, 7) is 2.56. The van der Waals surface area contributed by atoms with Crippen molar-refractivity contribution in [1.82, 2.24) is 4.98 Å². The molecule has 0 aliphatic carbocycles. The number of benzene rings is 1. The maximum Gasteiger partial charge on any atom is 0.501 e. The number of nitrogens with zero attached hydrogens (tertiary/aromatic N) is 2. The minimum absolute atomic E-state index is 0.0786. The largest absolute Gasteiger partial charge is 0.501 e.